The number of likely N-dealkylation sites (tertiary alicyclic amines) is 1. The molecule has 0 aromatic carbocycles. The average Bonchev–Trinajstić information content (AvgIpc) is 3.06. The minimum atomic E-state index is -0.0664. The van der Waals surface area contributed by atoms with Gasteiger partial charge in [0.25, 0.3) is 5.91 Å². The van der Waals surface area contributed by atoms with Crippen LogP contribution < -0.4 is 4.74 Å². The van der Waals surface area contributed by atoms with Crippen LogP contribution in [-0.2, 0) is 11.2 Å². The van der Waals surface area contributed by atoms with E-state index < -0.39 is 0 Å². The van der Waals surface area contributed by atoms with E-state index in [2.05, 4.69) is 15.2 Å². The number of H-pyrrole nitrogens is 1. The Hall–Kier alpha value is -2.12. The SMILES string of the molecule is C[C@@H]1Cc2c(C(=O)N3CCC(Oc4cncc(Cl)c4)CC3)n[nH]c2[C@H](C)O1. The molecule has 0 spiro atoms. The summed E-state index contributed by atoms with van der Waals surface area (Å²) in [4.78, 5) is 18.9. The first-order chi connectivity index (χ1) is 13.0. The van der Waals surface area contributed by atoms with Gasteiger partial charge in [0, 0.05) is 50.2 Å². The lowest BCUT2D eigenvalue weighted by atomic mass is 9.98. The summed E-state index contributed by atoms with van der Waals surface area (Å²) in [6.45, 7) is 5.28. The summed E-state index contributed by atoms with van der Waals surface area (Å²) in [6, 6.07) is 1.76. The maximum Gasteiger partial charge on any atom is 0.274 e. The van der Waals surface area contributed by atoms with E-state index in [-0.39, 0.29) is 24.2 Å². The van der Waals surface area contributed by atoms with Crippen molar-refractivity contribution in [3.8, 4) is 5.75 Å². The zero-order chi connectivity index (χ0) is 19.0. The molecular formula is C19H23ClN4O3. The minimum Gasteiger partial charge on any atom is -0.489 e. The molecule has 2 aromatic heterocycles. The summed E-state index contributed by atoms with van der Waals surface area (Å²) < 4.78 is 11.8. The van der Waals surface area contributed by atoms with E-state index >= 15 is 0 Å². The van der Waals surface area contributed by atoms with Gasteiger partial charge in [-0.2, -0.15) is 5.10 Å². The number of fused-ring (bicyclic) bond motifs is 1. The highest BCUT2D eigenvalue weighted by molar-refractivity contribution is 6.30. The highest BCUT2D eigenvalue weighted by atomic mass is 35.5. The van der Waals surface area contributed by atoms with Crippen molar-refractivity contribution in [2.45, 2.75) is 51.4 Å². The molecule has 2 aliphatic heterocycles. The molecule has 8 heteroatoms. The number of hydrogen-bond acceptors (Lipinski definition) is 5. The van der Waals surface area contributed by atoms with Crippen LogP contribution >= 0.6 is 11.6 Å². The lowest BCUT2D eigenvalue weighted by Crippen LogP contribution is -2.42. The number of halogens is 1. The number of rotatable bonds is 3. The Kier molecular flexibility index (Phi) is 5.06. The molecule has 1 saturated heterocycles. The number of hydrogen-bond donors (Lipinski definition) is 1. The quantitative estimate of drug-likeness (QED) is 0.870. The summed E-state index contributed by atoms with van der Waals surface area (Å²) in [7, 11) is 0. The van der Waals surface area contributed by atoms with Crippen LogP contribution in [0.2, 0.25) is 5.02 Å². The van der Waals surface area contributed by atoms with Crippen molar-refractivity contribution in [2.24, 2.45) is 0 Å². The second-order valence-corrected chi connectivity index (χ2v) is 7.64. The zero-order valence-electron chi connectivity index (χ0n) is 15.4. The fourth-order valence-electron chi connectivity index (χ4n) is 3.83. The molecule has 0 radical (unpaired) electrons. The summed E-state index contributed by atoms with van der Waals surface area (Å²) >= 11 is 5.95. The first-order valence-corrected chi connectivity index (χ1v) is 9.68. The molecule has 2 aliphatic rings. The fraction of sp³-hybridized carbons (Fsp3) is 0.526. The Morgan fingerprint density at radius 2 is 2.11 bits per heavy atom. The topological polar surface area (TPSA) is 80.3 Å². The molecule has 2 atom stereocenters. The summed E-state index contributed by atoms with van der Waals surface area (Å²) in [6.07, 6.45) is 5.54. The van der Waals surface area contributed by atoms with Crippen LogP contribution in [0, 0.1) is 0 Å². The van der Waals surface area contributed by atoms with Crippen molar-refractivity contribution in [1.29, 1.82) is 0 Å². The standard InChI is InChI=1S/C19H23ClN4O3/c1-11-7-16-17(12(2)26-11)22-23-18(16)19(25)24-5-3-14(4-6-24)27-15-8-13(20)9-21-10-15/h8-12,14H,3-7H2,1-2H3,(H,22,23)/t11-,12+/m1/s1. The number of carbonyl (C=O) groups is 1. The molecule has 0 aliphatic carbocycles. The van der Waals surface area contributed by atoms with Gasteiger partial charge in [0.1, 0.15) is 11.9 Å². The number of aromatic nitrogens is 3. The zero-order valence-corrected chi connectivity index (χ0v) is 16.2. The van der Waals surface area contributed by atoms with E-state index in [0.717, 1.165) is 24.1 Å². The molecule has 2 aromatic rings. The maximum absolute atomic E-state index is 13.0. The number of pyridine rings is 1. The highest BCUT2D eigenvalue weighted by Crippen LogP contribution is 2.31. The van der Waals surface area contributed by atoms with Crippen molar-refractivity contribution < 1.29 is 14.3 Å². The van der Waals surface area contributed by atoms with E-state index in [4.69, 9.17) is 21.1 Å². The van der Waals surface area contributed by atoms with Gasteiger partial charge in [0.15, 0.2) is 5.69 Å². The van der Waals surface area contributed by atoms with Crippen LogP contribution in [0.15, 0.2) is 18.5 Å². The maximum atomic E-state index is 13.0. The van der Waals surface area contributed by atoms with Gasteiger partial charge in [0.2, 0.25) is 0 Å². The second-order valence-electron chi connectivity index (χ2n) is 7.21. The van der Waals surface area contributed by atoms with Gasteiger partial charge in [-0.25, -0.2) is 0 Å². The molecule has 4 heterocycles. The van der Waals surface area contributed by atoms with Gasteiger partial charge in [-0.05, 0) is 13.8 Å². The Balaban J connectivity index is 1.39. The molecule has 7 nitrogen and oxygen atoms in total. The van der Waals surface area contributed by atoms with E-state index in [1.165, 1.54) is 0 Å². The lowest BCUT2D eigenvalue weighted by molar-refractivity contribution is -0.00704. The normalized spacial score (nSPS) is 23.1. The van der Waals surface area contributed by atoms with Crippen molar-refractivity contribution in [3.05, 3.63) is 40.4 Å². The van der Waals surface area contributed by atoms with Crippen LogP contribution in [0.4, 0.5) is 0 Å². The van der Waals surface area contributed by atoms with E-state index in [9.17, 15) is 4.79 Å². The molecular weight excluding hydrogens is 368 g/mol. The molecule has 0 saturated carbocycles. The van der Waals surface area contributed by atoms with Crippen LogP contribution in [0.3, 0.4) is 0 Å². The molecule has 1 amide bonds. The van der Waals surface area contributed by atoms with Crippen LogP contribution in [0.5, 0.6) is 5.75 Å². The monoisotopic (exact) mass is 390 g/mol. The van der Waals surface area contributed by atoms with Gasteiger partial charge in [-0.1, -0.05) is 11.6 Å². The predicted octanol–water partition coefficient (Wildman–Crippen LogP) is 3.16. The Bertz CT molecular complexity index is 832. The second kappa shape index (κ2) is 7.48. The third kappa shape index (κ3) is 3.80. The number of aromatic amines is 1. The highest BCUT2D eigenvalue weighted by Gasteiger charge is 2.33. The molecule has 1 fully saturated rings. The number of ether oxygens (including phenoxy) is 2. The smallest absolute Gasteiger partial charge is 0.274 e. The summed E-state index contributed by atoms with van der Waals surface area (Å²) in [5.74, 6) is 0.647. The lowest BCUT2D eigenvalue weighted by Gasteiger charge is -2.32. The molecule has 0 unspecified atom stereocenters. The van der Waals surface area contributed by atoms with Gasteiger partial charge >= 0.3 is 0 Å². The summed E-state index contributed by atoms with van der Waals surface area (Å²) in [5.41, 5.74) is 2.45. The van der Waals surface area contributed by atoms with Crippen molar-refractivity contribution >= 4 is 17.5 Å². The average molecular weight is 391 g/mol. The number of nitrogens with zero attached hydrogens (tertiary/aromatic N) is 3. The fourth-order valence-corrected chi connectivity index (χ4v) is 3.99. The predicted molar refractivity (Wildman–Crippen MR) is 100 cm³/mol. The minimum absolute atomic E-state index is 0.0170. The van der Waals surface area contributed by atoms with Crippen molar-refractivity contribution in [3.63, 3.8) is 0 Å². The number of nitrogens with one attached hydrogen (secondary N) is 1. The largest absolute Gasteiger partial charge is 0.489 e. The molecule has 144 valence electrons. The van der Waals surface area contributed by atoms with Gasteiger partial charge < -0.3 is 14.4 Å². The van der Waals surface area contributed by atoms with Crippen LogP contribution in [-0.4, -0.2) is 51.3 Å². The third-order valence-corrected chi connectivity index (χ3v) is 5.35. The molecule has 4 rings (SSSR count). The van der Waals surface area contributed by atoms with Crippen molar-refractivity contribution in [1.82, 2.24) is 20.1 Å². The summed E-state index contributed by atoms with van der Waals surface area (Å²) in [5, 5.41) is 7.85. The molecule has 1 N–H and O–H groups in total. The first kappa shape index (κ1) is 18.3. The molecule has 0 bridgehead atoms. The van der Waals surface area contributed by atoms with Gasteiger partial charge in [-0.3, -0.25) is 14.9 Å². The van der Waals surface area contributed by atoms with Crippen LogP contribution in [0.1, 0.15) is 54.5 Å². The van der Waals surface area contributed by atoms with Gasteiger partial charge in [-0.15, -0.1) is 0 Å². The number of piperidine rings is 1. The van der Waals surface area contributed by atoms with Crippen molar-refractivity contribution in [2.75, 3.05) is 13.1 Å². The van der Waals surface area contributed by atoms with E-state index in [0.29, 0.717) is 36.0 Å². The Labute approximate surface area is 163 Å². The molecule has 27 heavy (non-hydrogen) atoms. The van der Waals surface area contributed by atoms with Gasteiger partial charge in [0.05, 0.1) is 29.1 Å². The Morgan fingerprint density at radius 1 is 1.33 bits per heavy atom. The van der Waals surface area contributed by atoms with E-state index in [1.54, 1.807) is 18.5 Å². The van der Waals surface area contributed by atoms with Crippen LogP contribution in [0.25, 0.3) is 0 Å². The number of amides is 1. The third-order valence-electron chi connectivity index (χ3n) is 5.15. The first-order valence-electron chi connectivity index (χ1n) is 9.30. The van der Waals surface area contributed by atoms with E-state index in [1.807, 2.05) is 18.7 Å². The number of carbonyl (C=O) groups excluding carboxylic acids is 1. The Morgan fingerprint density at radius 3 is 2.85 bits per heavy atom.